The van der Waals surface area contributed by atoms with Crippen LogP contribution in [0, 0.1) is 5.92 Å². The Labute approximate surface area is 81.4 Å². The Bertz CT molecular complexity index is 311. The lowest BCUT2D eigenvalue weighted by molar-refractivity contribution is 0.331. The summed E-state index contributed by atoms with van der Waals surface area (Å²) in [4.78, 5) is 11.4. The van der Waals surface area contributed by atoms with Crippen LogP contribution in [0.4, 0.5) is 0 Å². The van der Waals surface area contributed by atoms with E-state index in [0.29, 0.717) is 5.92 Å². The maximum absolute atomic E-state index is 11.3. The van der Waals surface area contributed by atoms with Gasteiger partial charge in [-0.15, -0.1) is 0 Å². The highest BCUT2D eigenvalue weighted by atomic mass is 32.1. The number of nitrogens with zero attached hydrogens (tertiary/aromatic N) is 1. The third kappa shape index (κ3) is 2.19. The van der Waals surface area contributed by atoms with Gasteiger partial charge < -0.3 is 9.88 Å². The molecule has 3 nitrogen and oxygen atoms in total. The molecule has 1 aromatic heterocycles. The van der Waals surface area contributed by atoms with Crippen LogP contribution in [0.15, 0.2) is 16.4 Å². The van der Waals surface area contributed by atoms with Gasteiger partial charge in [-0.3, -0.25) is 4.79 Å². The first kappa shape index (κ1) is 8.97. The number of aromatic nitrogens is 1. The summed E-state index contributed by atoms with van der Waals surface area (Å²) >= 11 is 1.28. The van der Waals surface area contributed by atoms with E-state index in [-0.39, 0.29) is 4.87 Å². The number of hydrogen-bond acceptors (Lipinski definition) is 3. The number of rotatable bonds is 2. The molecule has 72 valence electrons. The van der Waals surface area contributed by atoms with Crippen molar-refractivity contribution >= 4 is 11.3 Å². The molecule has 0 saturated carbocycles. The van der Waals surface area contributed by atoms with E-state index in [0.717, 1.165) is 19.6 Å². The molecule has 2 rings (SSSR count). The normalized spacial score (nSPS) is 19.1. The minimum atomic E-state index is 0.179. The Morgan fingerprint density at radius 2 is 2.31 bits per heavy atom. The maximum atomic E-state index is 11.3. The van der Waals surface area contributed by atoms with Gasteiger partial charge in [0.05, 0.1) is 0 Å². The van der Waals surface area contributed by atoms with E-state index in [4.69, 9.17) is 0 Å². The minimum Gasteiger partial charge on any atom is -0.317 e. The summed E-state index contributed by atoms with van der Waals surface area (Å²) < 4.78 is 1.83. The second-order valence-corrected chi connectivity index (χ2v) is 4.37. The van der Waals surface area contributed by atoms with Crippen LogP contribution in [0.5, 0.6) is 0 Å². The molecule has 1 saturated heterocycles. The molecule has 4 heteroatoms. The number of thiazole rings is 1. The van der Waals surface area contributed by atoms with Gasteiger partial charge in [-0.05, 0) is 31.8 Å². The molecule has 0 spiro atoms. The lowest BCUT2D eigenvalue weighted by Gasteiger charge is -2.22. The van der Waals surface area contributed by atoms with Crippen molar-refractivity contribution in [2.24, 2.45) is 5.92 Å². The zero-order valence-electron chi connectivity index (χ0n) is 7.53. The zero-order valence-corrected chi connectivity index (χ0v) is 8.35. The first-order chi connectivity index (χ1) is 6.36. The van der Waals surface area contributed by atoms with Crippen LogP contribution < -0.4 is 10.2 Å². The summed E-state index contributed by atoms with van der Waals surface area (Å²) in [6.45, 7) is 3.11. The van der Waals surface area contributed by atoms with Crippen molar-refractivity contribution in [2.45, 2.75) is 19.4 Å². The molecular formula is C9H14N2OS. The predicted octanol–water partition coefficient (Wildman–Crippen LogP) is 0.909. The van der Waals surface area contributed by atoms with E-state index in [2.05, 4.69) is 5.32 Å². The molecule has 1 aliphatic heterocycles. The SMILES string of the molecule is O=c1sccn1CC1CCNCC1. The summed E-state index contributed by atoms with van der Waals surface area (Å²) in [7, 11) is 0. The second-order valence-electron chi connectivity index (χ2n) is 3.51. The third-order valence-electron chi connectivity index (χ3n) is 2.56. The second kappa shape index (κ2) is 4.07. The van der Waals surface area contributed by atoms with Crippen molar-refractivity contribution in [3.05, 3.63) is 21.2 Å². The van der Waals surface area contributed by atoms with Crippen molar-refractivity contribution in [3.63, 3.8) is 0 Å². The van der Waals surface area contributed by atoms with Gasteiger partial charge in [0.1, 0.15) is 0 Å². The van der Waals surface area contributed by atoms with E-state index in [1.54, 1.807) is 0 Å². The monoisotopic (exact) mass is 198 g/mol. The lowest BCUT2D eigenvalue weighted by atomic mass is 9.98. The van der Waals surface area contributed by atoms with Gasteiger partial charge in [-0.2, -0.15) is 0 Å². The summed E-state index contributed by atoms with van der Waals surface area (Å²) in [5.41, 5.74) is 0. The van der Waals surface area contributed by atoms with Gasteiger partial charge in [0.15, 0.2) is 0 Å². The standard InChI is InChI=1S/C9H14N2OS/c12-9-11(5-6-13-9)7-8-1-3-10-4-2-8/h5-6,8,10H,1-4,7H2. The summed E-state index contributed by atoms with van der Waals surface area (Å²) in [5.74, 6) is 0.688. The minimum absolute atomic E-state index is 0.179. The molecule has 1 aliphatic rings. The molecule has 0 atom stereocenters. The van der Waals surface area contributed by atoms with E-state index in [1.165, 1.54) is 24.2 Å². The summed E-state index contributed by atoms with van der Waals surface area (Å²) in [5, 5.41) is 5.19. The van der Waals surface area contributed by atoms with Crippen molar-refractivity contribution in [3.8, 4) is 0 Å². The van der Waals surface area contributed by atoms with Gasteiger partial charge in [-0.25, -0.2) is 0 Å². The van der Waals surface area contributed by atoms with Crippen LogP contribution in [-0.2, 0) is 6.54 Å². The third-order valence-corrected chi connectivity index (χ3v) is 3.25. The quantitative estimate of drug-likeness (QED) is 0.766. The molecule has 0 aliphatic carbocycles. The van der Waals surface area contributed by atoms with Crippen LogP contribution in [0.1, 0.15) is 12.8 Å². The van der Waals surface area contributed by atoms with Crippen molar-refractivity contribution in [1.82, 2.24) is 9.88 Å². The Hall–Kier alpha value is -0.610. The van der Waals surface area contributed by atoms with Gasteiger partial charge in [0.25, 0.3) is 0 Å². The smallest absolute Gasteiger partial charge is 0.307 e. The fourth-order valence-electron chi connectivity index (χ4n) is 1.77. The van der Waals surface area contributed by atoms with Crippen LogP contribution in [-0.4, -0.2) is 17.7 Å². The molecule has 13 heavy (non-hydrogen) atoms. The zero-order chi connectivity index (χ0) is 9.10. The van der Waals surface area contributed by atoms with Gasteiger partial charge in [-0.1, -0.05) is 11.3 Å². The Balaban J connectivity index is 1.97. The molecular weight excluding hydrogens is 184 g/mol. The molecule has 1 N–H and O–H groups in total. The summed E-state index contributed by atoms with van der Waals surface area (Å²) in [6.07, 6.45) is 4.29. The van der Waals surface area contributed by atoms with Crippen molar-refractivity contribution in [1.29, 1.82) is 0 Å². The lowest BCUT2D eigenvalue weighted by Crippen LogP contribution is -2.31. The van der Waals surface area contributed by atoms with Gasteiger partial charge in [0, 0.05) is 18.1 Å². The maximum Gasteiger partial charge on any atom is 0.307 e. The predicted molar refractivity (Wildman–Crippen MR) is 54.2 cm³/mol. The highest BCUT2D eigenvalue weighted by Crippen LogP contribution is 2.13. The van der Waals surface area contributed by atoms with E-state index in [9.17, 15) is 4.79 Å². The highest BCUT2D eigenvalue weighted by molar-refractivity contribution is 7.07. The first-order valence-electron chi connectivity index (χ1n) is 4.71. The molecule has 1 aromatic rings. The van der Waals surface area contributed by atoms with Crippen LogP contribution in [0.25, 0.3) is 0 Å². The van der Waals surface area contributed by atoms with Crippen LogP contribution in [0.2, 0.25) is 0 Å². The molecule has 1 fully saturated rings. The molecule has 0 unspecified atom stereocenters. The fourth-order valence-corrected chi connectivity index (χ4v) is 2.36. The van der Waals surface area contributed by atoms with Crippen LogP contribution >= 0.6 is 11.3 Å². The molecule has 0 aromatic carbocycles. The Morgan fingerprint density at radius 1 is 1.54 bits per heavy atom. The molecule has 0 radical (unpaired) electrons. The van der Waals surface area contributed by atoms with E-state index >= 15 is 0 Å². The largest absolute Gasteiger partial charge is 0.317 e. The first-order valence-corrected chi connectivity index (χ1v) is 5.59. The number of nitrogens with one attached hydrogen (secondary N) is 1. The number of hydrogen-bond donors (Lipinski definition) is 1. The molecule has 2 heterocycles. The van der Waals surface area contributed by atoms with E-state index in [1.807, 2.05) is 16.1 Å². The molecule has 0 amide bonds. The van der Waals surface area contributed by atoms with Crippen molar-refractivity contribution < 1.29 is 0 Å². The average Bonchev–Trinajstić information content (AvgIpc) is 2.54. The highest BCUT2D eigenvalue weighted by Gasteiger charge is 2.13. The van der Waals surface area contributed by atoms with E-state index < -0.39 is 0 Å². The van der Waals surface area contributed by atoms with Crippen molar-refractivity contribution in [2.75, 3.05) is 13.1 Å². The summed E-state index contributed by atoms with van der Waals surface area (Å²) in [6, 6.07) is 0. The average molecular weight is 198 g/mol. The Kier molecular flexibility index (Phi) is 2.80. The molecule has 0 bridgehead atoms. The van der Waals surface area contributed by atoms with Gasteiger partial charge >= 0.3 is 4.87 Å². The fraction of sp³-hybridized carbons (Fsp3) is 0.667. The van der Waals surface area contributed by atoms with Crippen LogP contribution in [0.3, 0.4) is 0 Å². The Morgan fingerprint density at radius 3 is 2.92 bits per heavy atom. The number of piperidine rings is 1. The topological polar surface area (TPSA) is 34.0 Å². The van der Waals surface area contributed by atoms with Gasteiger partial charge in [0.2, 0.25) is 0 Å².